The van der Waals surface area contributed by atoms with Crippen LogP contribution in [-0.2, 0) is 19.1 Å². The first-order valence-electron chi connectivity index (χ1n) is 13.2. The Hall–Kier alpha value is -2.85. The number of allylic oxidation sites excluding steroid dienone is 1. The summed E-state index contributed by atoms with van der Waals surface area (Å²) in [5.41, 5.74) is 1.86. The maximum Gasteiger partial charge on any atom is 0.336 e. The van der Waals surface area contributed by atoms with Crippen molar-refractivity contribution in [1.82, 2.24) is 10.2 Å². The van der Waals surface area contributed by atoms with Gasteiger partial charge in [-0.05, 0) is 88.6 Å². The summed E-state index contributed by atoms with van der Waals surface area (Å²) in [4.78, 5) is 32.3. The fraction of sp³-hybridized carbons (Fsp3) is 0.571. The lowest BCUT2D eigenvalue weighted by atomic mass is 9.75. The van der Waals surface area contributed by atoms with E-state index in [2.05, 4.69) is 27.4 Å². The molecule has 2 aliphatic heterocycles. The number of aliphatic imine (C=N–C) groups is 1. The molecule has 208 valence electrons. The number of methoxy groups -OCH3 is 2. The highest BCUT2D eigenvalue weighted by molar-refractivity contribution is 7.80. The van der Waals surface area contributed by atoms with Crippen LogP contribution in [0.1, 0.15) is 57.9 Å². The number of carbonyl (C=O) groups is 2. The minimum absolute atomic E-state index is 0.146. The van der Waals surface area contributed by atoms with E-state index in [1.807, 2.05) is 0 Å². The maximum atomic E-state index is 14.8. The number of ether oxygens (including phenoxy) is 2. The summed E-state index contributed by atoms with van der Waals surface area (Å²) in [6.45, 7) is 9.59. The van der Waals surface area contributed by atoms with E-state index >= 15 is 0 Å². The van der Waals surface area contributed by atoms with Gasteiger partial charge in [0.05, 0.1) is 25.5 Å². The monoisotopic (exact) mass is 546 g/mol. The smallest absolute Gasteiger partial charge is 0.336 e. The molecule has 0 aliphatic carbocycles. The number of rotatable bonds is 9. The largest absolute Gasteiger partial charge is 0.468 e. The average Bonchev–Trinajstić information content (AvgIpc) is 2.91. The third-order valence-corrected chi connectivity index (χ3v) is 7.75. The molecule has 0 radical (unpaired) electrons. The van der Waals surface area contributed by atoms with Crippen molar-refractivity contribution in [2.24, 2.45) is 16.8 Å². The Bertz CT molecular complexity index is 1100. The van der Waals surface area contributed by atoms with Crippen molar-refractivity contribution in [2.45, 2.75) is 52.4 Å². The van der Waals surface area contributed by atoms with Gasteiger partial charge < -0.3 is 25.0 Å². The zero-order valence-electron chi connectivity index (χ0n) is 22.9. The number of hydrogen-bond donors (Lipinski definition) is 2. The van der Waals surface area contributed by atoms with Crippen LogP contribution in [0.15, 0.2) is 34.5 Å². The highest BCUT2D eigenvalue weighted by atomic mass is 32.1. The van der Waals surface area contributed by atoms with Crippen LogP contribution in [-0.4, -0.2) is 68.1 Å². The van der Waals surface area contributed by atoms with E-state index in [1.165, 1.54) is 39.5 Å². The number of nitrogens with one attached hydrogen (secondary N) is 2. The number of anilines is 1. The molecular weight excluding hydrogens is 507 g/mol. The summed E-state index contributed by atoms with van der Waals surface area (Å²) in [6.07, 6.45) is 4.70. The summed E-state index contributed by atoms with van der Waals surface area (Å²) >= 11 is 5.42. The molecule has 2 unspecified atom stereocenters. The van der Waals surface area contributed by atoms with Gasteiger partial charge in [0, 0.05) is 23.9 Å². The third-order valence-electron chi connectivity index (χ3n) is 7.51. The fourth-order valence-corrected chi connectivity index (χ4v) is 5.54. The molecule has 0 amide bonds. The van der Waals surface area contributed by atoms with E-state index in [0.717, 1.165) is 32.0 Å². The lowest BCUT2D eigenvalue weighted by molar-refractivity contribution is -0.143. The van der Waals surface area contributed by atoms with E-state index in [1.54, 1.807) is 26.0 Å². The zero-order valence-corrected chi connectivity index (χ0v) is 23.8. The predicted molar refractivity (Wildman–Crippen MR) is 151 cm³/mol. The van der Waals surface area contributed by atoms with Gasteiger partial charge in [-0.15, -0.1) is 0 Å². The molecule has 0 saturated carbocycles. The highest BCUT2D eigenvalue weighted by Crippen LogP contribution is 2.41. The second-order valence-electron chi connectivity index (χ2n) is 9.89. The molecule has 1 fully saturated rings. The quantitative estimate of drug-likeness (QED) is 0.267. The fourth-order valence-electron chi connectivity index (χ4n) is 5.33. The van der Waals surface area contributed by atoms with Gasteiger partial charge in [0.25, 0.3) is 0 Å². The van der Waals surface area contributed by atoms with Gasteiger partial charge in [0.2, 0.25) is 0 Å². The first kappa shape index (κ1) is 29.7. The molecule has 10 heteroatoms. The van der Waals surface area contributed by atoms with E-state index in [4.69, 9.17) is 21.7 Å². The molecule has 8 nitrogen and oxygen atoms in total. The normalized spacial score (nSPS) is 20.5. The van der Waals surface area contributed by atoms with Crippen molar-refractivity contribution >= 4 is 40.7 Å². The molecule has 1 aromatic rings. The van der Waals surface area contributed by atoms with Crippen LogP contribution in [0, 0.1) is 17.7 Å². The number of thiocarbonyl (C=S) groups is 1. The zero-order chi connectivity index (χ0) is 27.8. The lowest BCUT2D eigenvalue weighted by Crippen LogP contribution is -2.37. The summed E-state index contributed by atoms with van der Waals surface area (Å²) in [7, 11) is 2.55. The molecular formula is C28H39FN4O4S. The van der Waals surface area contributed by atoms with Crippen LogP contribution in [0.2, 0.25) is 0 Å². The first-order chi connectivity index (χ1) is 18.2. The third kappa shape index (κ3) is 7.17. The maximum absolute atomic E-state index is 14.8. The molecule has 38 heavy (non-hydrogen) atoms. The van der Waals surface area contributed by atoms with E-state index in [0.29, 0.717) is 28.6 Å². The molecule has 0 aromatic heterocycles. The summed E-state index contributed by atoms with van der Waals surface area (Å²) in [5, 5.41) is 6.39. The van der Waals surface area contributed by atoms with Gasteiger partial charge in [0.1, 0.15) is 11.7 Å². The predicted octanol–water partition coefficient (Wildman–Crippen LogP) is 4.42. The number of hydrogen-bond acceptors (Lipinski definition) is 7. The molecule has 2 atom stereocenters. The van der Waals surface area contributed by atoms with Crippen molar-refractivity contribution in [3.63, 3.8) is 0 Å². The van der Waals surface area contributed by atoms with Crippen LogP contribution >= 0.6 is 12.2 Å². The van der Waals surface area contributed by atoms with E-state index < -0.39 is 29.6 Å². The van der Waals surface area contributed by atoms with Gasteiger partial charge in [0.15, 0.2) is 5.11 Å². The van der Waals surface area contributed by atoms with Crippen molar-refractivity contribution in [1.29, 1.82) is 0 Å². The molecule has 1 aromatic carbocycles. The minimum atomic E-state index is -0.858. The van der Waals surface area contributed by atoms with Gasteiger partial charge in [-0.2, -0.15) is 0 Å². The molecule has 0 spiro atoms. The minimum Gasteiger partial charge on any atom is -0.468 e. The Morgan fingerprint density at radius 3 is 2.53 bits per heavy atom. The van der Waals surface area contributed by atoms with Gasteiger partial charge in [-0.25, -0.2) is 9.18 Å². The van der Waals surface area contributed by atoms with Crippen molar-refractivity contribution in [3.8, 4) is 0 Å². The van der Waals surface area contributed by atoms with E-state index in [-0.39, 0.29) is 11.3 Å². The molecule has 0 bridgehead atoms. The molecule has 2 heterocycles. The van der Waals surface area contributed by atoms with Crippen LogP contribution in [0.4, 0.5) is 10.1 Å². The number of benzene rings is 1. The van der Waals surface area contributed by atoms with Crippen LogP contribution in [0.5, 0.6) is 0 Å². The van der Waals surface area contributed by atoms with Crippen LogP contribution in [0.25, 0.3) is 0 Å². The molecule has 2 N–H and O–H groups in total. The first-order valence-corrected chi connectivity index (χ1v) is 13.6. The van der Waals surface area contributed by atoms with Gasteiger partial charge in [-0.1, -0.05) is 19.4 Å². The number of esters is 2. The number of piperidine rings is 1. The lowest BCUT2D eigenvalue weighted by Gasteiger charge is -2.31. The van der Waals surface area contributed by atoms with E-state index in [9.17, 15) is 14.0 Å². The van der Waals surface area contributed by atoms with Crippen molar-refractivity contribution in [3.05, 3.63) is 40.8 Å². The van der Waals surface area contributed by atoms with Gasteiger partial charge in [-0.3, -0.25) is 9.79 Å². The summed E-state index contributed by atoms with van der Waals surface area (Å²) < 4.78 is 24.8. The van der Waals surface area contributed by atoms with Gasteiger partial charge >= 0.3 is 11.9 Å². The SMILES string of the molecule is CCC1CCN(CCCNC(=S)Nc2cc(C3C(C(=O)OC)=C(C)N=C(C)C3C(=O)OC)ccc2F)CC1. The Balaban J connectivity index is 1.71. The average molecular weight is 547 g/mol. The van der Waals surface area contributed by atoms with Crippen molar-refractivity contribution < 1.29 is 23.5 Å². The van der Waals surface area contributed by atoms with Crippen LogP contribution in [0.3, 0.4) is 0 Å². The second-order valence-corrected chi connectivity index (χ2v) is 10.3. The summed E-state index contributed by atoms with van der Waals surface area (Å²) in [5.74, 6) is -2.42. The topological polar surface area (TPSA) is 92.3 Å². The molecule has 2 aliphatic rings. The molecule has 1 saturated heterocycles. The Morgan fingerprint density at radius 1 is 1.18 bits per heavy atom. The summed E-state index contributed by atoms with van der Waals surface area (Å²) in [6, 6.07) is 4.41. The Morgan fingerprint density at radius 2 is 1.89 bits per heavy atom. The van der Waals surface area contributed by atoms with Crippen molar-refractivity contribution in [2.75, 3.05) is 45.7 Å². The number of halogens is 1. The number of carbonyl (C=O) groups excluding carboxylic acids is 2. The van der Waals surface area contributed by atoms with Crippen LogP contribution < -0.4 is 10.6 Å². The number of nitrogens with zero attached hydrogens (tertiary/aromatic N) is 2. The standard InChI is InChI=1S/C28H39FN4O4S/c1-6-19-10-14-33(15-11-19)13-7-12-30-28(38)32-22-16-20(8-9-21(22)29)25-23(26(34)36-4)17(2)31-18(3)24(25)27(35)37-5/h8-9,16,19,23,25H,6-7,10-15H2,1-5H3,(H2,30,32,38). The number of likely N-dealkylation sites (tertiary alicyclic amines) is 1. The molecule has 3 rings (SSSR count). The Kier molecular flexibility index (Phi) is 10.8. The second kappa shape index (κ2) is 13.8. The Labute approximate surface area is 230 Å². The highest BCUT2D eigenvalue weighted by Gasteiger charge is 2.42.